The van der Waals surface area contributed by atoms with E-state index in [9.17, 15) is 23.4 Å². The van der Waals surface area contributed by atoms with Crippen molar-refractivity contribution < 1.29 is 23.4 Å². The summed E-state index contributed by atoms with van der Waals surface area (Å²) < 4.78 is 28.5. The molecule has 0 aromatic heterocycles. The van der Waals surface area contributed by atoms with Crippen LogP contribution in [-0.2, 0) is 27.7 Å². The average Bonchev–Trinajstić information content (AvgIpc) is 3.21. The molecule has 0 atom stereocenters. The third-order valence-electron chi connectivity index (χ3n) is 5.74. The number of nitrogens with zero attached hydrogens (tertiary/aromatic N) is 1. The molecule has 7 nitrogen and oxygen atoms in total. The molecule has 0 spiro atoms. The third-order valence-corrected chi connectivity index (χ3v) is 7.60. The second kappa shape index (κ2) is 9.50. The van der Waals surface area contributed by atoms with Gasteiger partial charge in [0.1, 0.15) is 0 Å². The zero-order valence-electron chi connectivity index (χ0n) is 18.3. The molecule has 34 heavy (non-hydrogen) atoms. The maximum Gasteiger partial charge on any atom is 0.250 e. The molecule has 3 aromatic rings. The highest BCUT2D eigenvalue weighted by Crippen LogP contribution is 2.32. The number of rotatable bonds is 6. The Morgan fingerprint density at radius 3 is 2.24 bits per heavy atom. The fourth-order valence-electron chi connectivity index (χ4n) is 3.87. The Hall–Kier alpha value is -3.33. The smallest absolute Gasteiger partial charge is 0.250 e. The van der Waals surface area contributed by atoms with Gasteiger partial charge in [0.15, 0.2) is 11.5 Å². The number of sulfonamides is 1. The lowest BCUT2D eigenvalue weighted by Crippen LogP contribution is -2.35. The summed E-state index contributed by atoms with van der Waals surface area (Å²) in [6.07, 6.45) is 3.99. The molecule has 3 N–H and O–H groups in total. The van der Waals surface area contributed by atoms with Crippen molar-refractivity contribution in [3.05, 3.63) is 88.5 Å². The molecule has 3 aromatic carbocycles. The number of amides is 1. The number of carbonyl (C=O) groups is 1. The normalized spacial score (nSPS) is 13.8. The number of fused-ring (bicyclic) bond motifs is 1. The second-order valence-electron chi connectivity index (χ2n) is 8.08. The van der Waals surface area contributed by atoms with Gasteiger partial charge >= 0.3 is 0 Å². The van der Waals surface area contributed by atoms with E-state index < -0.39 is 10.0 Å². The first-order valence-electron chi connectivity index (χ1n) is 10.5. The van der Waals surface area contributed by atoms with Gasteiger partial charge in [-0.1, -0.05) is 35.9 Å². The highest BCUT2D eigenvalue weighted by Gasteiger charge is 2.26. The Balaban J connectivity index is 1.42. The van der Waals surface area contributed by atoms with Crippen molar-refractivity contribution >= 4 is 39.3 Å². The maximum absolute atomic E-state index is 12.8. The summed E-state index contributed by atoms with van der Waals surface area (Å²) in [5, 5.41) is 19.2. The van der Waals surface area contributed by atoms with Gasteiger partial charge in [-0.2, -0.15) is 0 Å². The van der Waals surface area contributed by atoms with Crippen LogP contribution in [0.4, 0.5) is 5.69 Å². The summed E-state index contributed by atoms with van der Waals surface area (Å²) in [5.74, 6) is -1.09. The quantitative estimate of drug-likeness (QED) is 0.353. The number of nitrogens with one attached hydrogen (secondary N) is 1. The first kappa shape index (κ1) is 23.8. The highest BCUT2D eigenvalue weighted by atomic mass is 35.5. The van der Waals surface area contributed by atoms with E-state index in [4.69, 9.17) is 11.6 Å². The molecular weight excluding hydrogens is 476 g/mol. The topological polar surface area (TPSA) is 107 Å². The number of anilines is 1. The standard InChI is InChI=1S/C25H23ClN2O5S/c1-28(25(31)11-6-18-14-23(29)24(30)15-22(18)26)20-7-9-21(10-8-20)34(32,33)27-19-12-16-4-2-3-5-17(16)13-19/h2-11,14-15,19,27,29-30H,12-13H2,1H3/b11-6+. The van der Waals surface area contributed by atoms with Crippen LogP contribution in [0, 0.1) is 0 Å². The monoisotopic (exact) mass is 498 g/mol. The van der Waals surface area contributed by atoms with E-state index in [1.54, 1.807) is 19.2 Å². The third kappa shape index (κ3) is 5.09. The molecule has 1 aliphatic carbocycles. The second-order valence-corrected chi connectivity index (χ2v) is 10.2. The number of phenols is 2. The van der Waals surface area contributed by atoms with Crippen LogP contribution < -0.4 is 9.62 Å². The molecule has 0 heterocycles. The molecule has 0 saturated heterocycles. The summed E-state index contributed by atoms with van der Waals surface area (Å²) in [7, 11) is -2.15. The summed E-state index contributed by atoms with van der Waals surface area (Å²) in [6, 6.07) is 16.2. The zero-order chi connectivity index (χ0) is 24.5. The molecule has 0 unspecified atom stereocenters. The summed E-state index contributed by atoms with van der Waals surface area (Å²) >= 11 is 6.02. The number of phenolic OH excluding ortho intramolecular Hbond substituents is 2. The maximum atomic E-state index is 12.8. The van der Waals surface area contributed by atoms with Gasteiger partial charge in [-0.25, -0.2) is 13.1 Å². The van der Waals surface area contributed by atoms with Gasteiger partial charge in [0.05, 0.1) is 9.92 Å². The van der Waals surface area contributed by atoms with Gasteiger partial charge in [0.25, 0.3) is 5.91 Å². The van der Waals surface area contributed by atoms with Crippen LogP contribution in [0.2, 0.25) is 5.02 Å². The van der Waals surface area contributed by atoms with Gasteiger partial charge < -0.3 is 15.1 Å². The van der Waals surface area contributed by atoms with E-state index in [2.05, 4.69) is 4.72 Å². The van der Waals surface area contributed by atoms with Crippen LogP contribution in [0.1, 0.15) is 16.7 Å². The Labute approximate surface area is 203 Å². The number of hydrogen-bond acceptors (Lipinski definition) is 5. The minimum absolute atomic E-state index is 0.120. The first-order valence-corrected chi connectivity index (χ1v) is 12.4. The van der Waals surface area contributed by atoms with Crippen molar-refractivity contribution in [3.63, 3.8) is 0 Å². The van der Waals surface area contributed by atoms with E-state index in [0.717, 1.165) is 11.1 Å². The van der Waals surface area contributed by atoms with Crippen LogP contribution in [0.5, 0.6) is 11.5 Å². The van der Waals surface area contributed by atoms with Crippen LogP contribution in [-0.4, -0.2) is 37.6 Å². The van der Waals surface area contributed by atoms with Crippen LogP contribution in [0.25, 0.3) is 6.08 Å². The molecule has 0 fully saturated rings. The summed E-state index contributed by atoms with van der Waals surface area (Å²) in [6.45, 7) is 0. The fraction of sp³-hybridized carbons (Fsp3) is 0.160. The van der Waals surface area contributed by atoms with Crippen LogP contribution in [0.3, 0.4) is 0 Å². The lowest BCUT2D eigenvalue weighted by Gasteiger charge is -2.17. The number of halogens is 1. The van der Waals surface area contributed by atoms with E-state index in [0.29, 0.717) is 24.1 Å². The minimum Gasteiger partial charge on any atom is -0.504 e. The number of hydrogen-bond donors (Lipinski definition) is 3. The Kier molecular flexibility index (Phi) is 6.65. The summed E-state index contributed by atoms with van der Waals surface area (Å²) in [5.41, 5.74) is 3.17. The minimum atomic E-state index is -3.71. The van der Waals surface area contributed by atoms with E-state index in [1.807, 2.05) is 24.3 Å². The molecule has 0 radical (unpaired) electrons. The van der Waals surface area contributed by atoms with E-state index in [1.165, 1.54) is 41.3 Å². The van der Waals surface area contributed by atoms with E-state index >= 15 is 0 Å². The van der Waals surface area contributed by atoms with Gasteiger partial charge in [-0.15, -0.1) is 0 Å². The zero-order valence-corrected chi connectivity index (χ0v) is 19.8. The molecule has 1 aliphatic rings. The molecule has 1 amide bonds. The van der Waals surface area contributed by atoms with Crippen molar-refractivity contribution in [2.45, 2.75) is 23.8 Å². The molecule has 0 saturated carbocycles. The Bertz CT molecular complexity index is 1350. The number of benzene rings is 3. The predicted octanol–water partition coefficient (Wildman–Crippen LogP) is 3.87. The van der Waals surface area contributed by atoms with Crippen molar-refractivity contribution in [2.24, 2.45) is 0 Å². The van der Waals surface area contributed by atoms with Crippen molar-refractivity contribution in [1.29, 1.82) is 0 Å². The molecule has 0 aliphatic heterocycles. The van der Waals surface area contributed by atoms with Crippen LogP contribution >= 0.6 is 11.6 Å². The lowest BCUT2D eigenvalue weighted by molar-refractivity contribution is -0.113. The summed E-state index contributed by atoms with van der Waals surface area (Å²) in [4.78, 5) is 14.0. The molecular formula is C25H23ClN2O5S. The number of likely N-dealkylation sites (N-methyl/N-ethyl adjacent to an activating group) is 1. The lowest BCUT2D eigenvalue weighted by atomic mass is 10.1. The highest BCUT2D eigenvalue weighted by molar-refractivity contribution is 7.89. The number of aromatic hydroxyl groups is 2. The van der Waals surface area contributed by atoms with E-state index in [-0.39, 0.29) is 33.4 Å². The molecule has 9 heteroatoms. The first-order chi connectivity index (χ1) is 16.1. The Morgan fingerprint density at radius 2 is 1.62 bits per heavy atom. The van der Waals surface area contributed by atoms with Gasteiger partial charge in [0.2, 0.25) is 10.0 Å². The number of carbonyl (C=O) groups excluding carboxylic acids is 1. The van der Waals surface area contributed by atoms with Crippen molar-refractivity contribution in [1.82, 2.24) is 4.72 Å². The fourth-order valence-corrected chi connectivity index (χ4v) is 5.33. The molecule has 0 bridgehead atoms. The Morgan fingerprint density at radius 1 is 1.03 bits per heavy atom. The van der Waals surface area contributed by atoms with Gasteiger partial charge in [0, 0.05) is 30.9 Å². The van der Waals surface area contributed by atoms with Crippen LogP contribution in [0.15, 0.2) is 71.6 Å². The van der Waals surface area contributed by atoms with Gasteiger partial charge in [-0.3, -0.25) is 4.79 Å². The SMILES string of the molecule is CN(C(=O)/C=C/c1cc(O)c(O)cc1Cl)c1ccc(S(=O)(=O)NC2Cc3ccccc3C2)cc1. The largest absolute Gasteiger partial charge is 0.504 e. The van der Waals surface area contributed by atoms with Gasteiger partial charge in [-0.05, 0) is 65.9 Å². The predicted molar refractivity (Wildman–Crippen MR) is 132 cm³/mol. The molecule has 4 rings (SSSR count). The van der Waals surface area contributed by atoms with Crippen molar-refractivity contribution in [2.75, 3.05) is 11.9 Å². The van der Waals surface area contributed by atoms with Crippen molar-refractivity contribution in [3.8, 4) is 11.5 Å². The molecule has 176 valence electrons. The average molecular weight is 499 g/mol.